The third-order valence-electron chi connectivity index (χ3n) is 1.97. The predicted molar refractivity (Wildman–Crippen MR) is 61.1 cm³/mol. The molecule has 0 aromatic carbocycles. The fourth-order valence-corrected chi connectivity index (χ4v) is 1.37. The number of rotatable bonds is 2. The maximum Gasteiger partial charge on any atom is 0.0680 e. The highest BCUT2D eigenvalue weighted by atomic mass is 14.7. The second kappa shape index (κ2) is 6.41. The van der Waals surface area contributed by atoms with Crippen LogP contribution in [0.1, 0.15) is 33.1 Å². The van der Waals surface area contributed by atoms with Gasteiger partial charge in [-0.1, -0.05) is 33.1 Å². The lowest BCUT2D eigenvalue weighted by Crippen LogP contribution is -1.98. The molecular weight excluding hydrogens is 158 g/mol. The summed E-state index contributed by atoms with van der Waals surface area (Å²) in [6.07, 6.45) is 5.14. The summed E-state index contributed by atoms with van der Waals surface area (Å²) < 4.78 is 0. The Morgan fingerprint density at radius 3 is 2.31 bits per heavy atom. The van der Waals surface area contributed by atoms with Gasteiger partial charge >= 0.3 is 0 Å². The van der Waals surface area contributed by atoms with Crippen molar-refractivity contribution in [2.24, 2.45) is 4.99 Å². The Morgan fingerprint density at radius 2 is 1.92 bits per heavy atom. The van der Waals surface area contributed by atoms with Gasteiger partial charge in [0.15, 0.2) is 0 Å². The van der Waals surface area contributed by atoms with Gasteiger partial charge in [0.25, 0.3) is 0 Å². The summed E-state index contributed by atoms with van der Waals surface area (Å²) >= 11 is 0. The molecule has 0 spiro atoms. The van der Waals surface area contributed by atoms with Crippen LogP contribution in [0.2, 0.25) is 0 Å². The van der Waals surface area contributed by atoms with Crippen molar-refractivity contribution in [1.82, 2.24) is 0 Å². The summed E-state index contributed by atoms with van der Waals surface area (Å²) in [5.41, 5.74) is 3.25. The number of allylic oxidation sites excluding steroid dienone is 3. The molecular formula is C12H19N. The van der Waals surface area contributed by atoms with Crippen molar-refractivity contribution in [3.05, 3.63) is 36.1 Å². The van der Waals surface area contributed by atoms with E-state index in [0.717, 1.165) is 24.1 Å². The highest BCUT2D eigenvalue weighted by molar-refractivity contribution is 5.44. The molecule has 1 aliphatic rings. The molecule has 0 saturated carbocycles. The molecule has 0 saturated heterocycles. The van der Waals surface area contributed by atoms with Crippen LogP contribution in [-0.2, 0) is 0 Å². The van der Waals surface area contributed by atoms with Gasteiger partial charge in [-0.2, -0.15) is 0 Å². The van der Waals surface area contributed by atoms with Crippen LogP contribution in [0.25, 0.3) is 0 Å². The van der Waals surface area contributed by atoms with Crippen molar-refractivity contribution >= 4 is 6.72 Å². The lowest BCUT2D eigenvalue weighted by molar-refractivity contribution is 0.776. The van der Waals surface area contributed by atoms with Crippen molar-refractivity contribution in [2.45, 2.75) is 33.1 Å². The number of hydrogen-bond acceptors (Lipinski definition) is 1. The summed E-state index contributed by atoms with van der Waals surface area (Å²) in [4.78, 5) is 3.94. The molecule has 0 aromatic heterocycles. The van der Waals surface area contributed by atoms with Gasteiger partial charge in [-0.25, -0.2) is 0 Å². The summed E-state index contributed by atoms with van der Waals surface area (Å²) in [5.74, 6) is 0. The van der Waals surface area contributed by atoms with Gasteiger partial charge in [0.1, 0.15) is 0 Å². The Bertz CT molecular complexity index is 234. The predicted octanol–water partition coefficient (Wildman–Crippen LogP) is 3.89. The summed E-state index contributed by atoms with van der Waals surface area (Å²) in [7, 11) is 0. The van der Waals surface area contributed by atoms with Crippen LogP contribution in [0.15, 0.2) is 41.1 Å². The van der Waals surface area contributed by atoms with E-state index in [1.807, 2.05) is 19.9 Å². The smallest absolute Gasteiger partial charge is 0.0680 e. The first-order valence-electron chi connectivity index (χ1n) is 4.80. The van der Waals surface area contributed by atoms with Gasteiger partial charge < -0.3 is 0 Å². The van der Waals surface area contributed by atoms with E-state index in [1.165, 1.54) is 12.0 Å². The van der Waals surface area contributed by atoms with Crippen LogP contribution >= 0.6 is 0 Å². The Morgan fingerprint density at radius 1 is 1.31 bits per heavy atom. The van der Waals surface area contributed by atoms with E-state index in [-0.39, 0.29) is 0 Å². The van der Waals surface area contributed by atoms with Gasteiger partial charge in [-0.3, -0.25) is 4.99 Å². The van der Waals surface area contributed by atoms with Crippen molar-refractivity contribution in [1.29, 1.82) is 0 Å². The first kappa shape index (κ1) is 11.9. The molecule has 0 fully saturated rings. The Labute approximate surface area is 81.6 Å². The second-order valence-electron chi connectivity index (χ2n) is 2.69. The Hall–Kier alpha value is -1.11. The van der Waals surface area contributed by atoms with E-state index < -0.39 is 0 Å². The van der Waals surface area contributed by atoms with Gasteiger partial charge in [-0.15, -0.1) is 0 Å². The minimum Gasteiger partial charge on any atom is -0.264 e. The molecule has 0 aromatic rings. The third-order valence-corrected chi connectivity index (χ3v) is 1.97. The van der Waals surface area contributed by atoms with Crippen LogP contribution in [0, 0.1) is 0 Å². The molecule has 72 valence electrons. The SMILES string of the molecule is C=CC1=C(N=C)C(=C)CCC1.CC. The first-order chi connectivity index (χ1) is 6.29. The van der Waals surface area contributed by atoms with Crippen LogP contribution < -0.4 is 0 Å². The lowest BCUT2D eigenvalue weighted by Gasteiger charge is -2.16. The molecule has 0 atom stereocenters. The van der Waals surface area contributed by atoms with Crippen LogP contribution in [0.4, 0.5) is 0 Å². The van der Waals surface area contributed by atoms with Crippen LogP contribution in [-0.4, -0.2) is 6.72 Å². The second-order valence-corrected chi connectivity index (χ2v) is 2.69. The molecule has 1 aliphatic carbocycles. The minimum absolute atomic E-state index is 0.964. The third kappa shape index (κ3) is 3.02. The lowest BCUT2D eigenvalue weighted by atomic mass is 9.93. The van der Waals surface area contributed by atoms with E-state index >= 15 is 0 Å². The first-order valence-corrected chi connectivity index (χ1v) is 4.80. The summed E-state index contributed by atoms with van der Waals surface area (Å²) in [5, 5.41) is 0. The van der Waals surface area contributed by atoms with Crippen molar-refractivity contribution in [3.63, 3.8) is 0 Å². The monoisotopic (exact) mass is 177 g/mol. The van der Waals surface area contributed by atoms with Gasteiger partial charge in [0.05, 0.1) is 5.70 Å². The molecule has 1 heteroatoms. The highest BCUT2D eigenvalue weighted by Crippen LogP contribution is 2.29. The molecule has 0 amide bonds. The maximum absolute atomic E-state index is 3.94. The van der Waals surface area contributed by atoms with E-state index in [4.69, 9.17) is 0 Å². The number of nitrogens with zero attached hydrogens (tertiary/aromatic N) is 1. The Balaban J connectivity index is 0.000000671. The summed E-state index contributed by atoms with van der Waals surface area (Å²) in [6, 6.07) is 0. The zero-order chi connectivity index (χ0) is 10.3. The highest BCUT2D eigenvalue weighted by Gasteiger charge is 2.11. The standard InChI is InChI=1S/C10H13N.C2H6/c1-4-9-7-5-6-8(2)10(9)11-3;1-2/h4H,1-3,5-7H2;1-2H3. The zero-order valence-electron chi connectivity index (χ0n) is 8.77. The molecule has 0 bridgehead atoms. The molecule has 1 nitrogen and oxygen atoms in total. The average Bonchev–Trinajstić information content (AvgIpc) is 2.20. The molecule has 0 heterocycles. The van der Waals surface area contributed by atoms with Crippen LogP contribution in [0.3, 0.4) is 0 Å². The van der Waals surface area contributed by atoms with Crippen molar-refractivity contribution < 1.29 is 0 Å². The molecule has 13 heavy (non-hydrogen) atoms. The van der Waals surface area contributed by atoms with Gasteiger partial charge in [-0.05, 0) is 37.1 Å². The average molecular weight is 177 g/mol. The topological polar surface area (TPSA) is 12.4 Å². The summed E-state index contributed by atoms with van der Waals surface area (Å²) in [6.45, 7) is 15.2. The van der Waals surface area contributed by atoms with Gasteiger partial charge in [0.2, 0.25) is 0 Å². The molecule has 0 radical (unpaired) electrons. The van der Waals surface area contributed by atoms with E-state index in [1.54, 1.807) is 0 Å². The molecule has 1 rings (SSSR count). The van der Waals surface area contributed by atoms with Gasteiger partial charge in [0, 0.05) is 0 Å². The number of aliphatic imine (C=N–C) groups is 1. The molecule has 0 unspecified atom stereocenters. The fraction of sp³-hybridized carbons (Fsp3) is 0.417. The number of hydrogen-bond donors (Lipinski definition) is 0. The van der Waals surface area contributed by atoms with Crippen LogP contribution in [0.5, 0.6) is 0 Å². The van der Waals surface area contributed by atoms with Crippen molar-refractivity contribution in [3.8, 4) is 0 Å². The normalized spacial score (nSPS) is 16.0. The fourth-order valence-electron chi connectivity index (χ4n) is 1.37. The zero-order valence-corrected chi connectivity index (χ0v) is 8.77. The van der Waals surface area contributed by atoms with E-state index in [0.29, 0.717) is 0 Å². The Kier molecular flexibility index (Phi) is 5.86. The molecule has 0 aliphatic heterocycles. The largest absolute Gasteiger partial charge is 0.264 e. The quantitative estimate of drug-likeness (QED) is 0.567. The van der Waals surface area contributed by atoms with E-state index in [9.17, 15) is 0 Å². The van der Waals surface area contributed by atoms with Crippen molar-refractivity contribution in [2.75, 3.05) is 0 Å². The minimum atomic E-state index is 0.964. The maximum atomic E-state index is 3.94. The van der Waals surface area contributed by atoms with E-state index in [2.05, 4.69) is 24.9 Å². The molecule has 0 N–H and O–H groups in total.